The van der Waals surface area contributed by atoms with Crippen molar-refractivity contribution >= 4 is 17.3 Å². The van der Waals surface area contributed by atoms with E-state index in [0.717, 1.165) is 36.9 Å². The third-order valence-electron chi connectivity index (χ3n) is 3.65. The lowest BCUT2D eigenvalue weighted by atomic mass is 10.2. The van der Waals surface area contributed by atoms with E-state index >= 15 is 0 Å². The van der Waals surface area contributed by atoms with E-state index in [0.29, 0.717) is 19.2 Å². The molecule has 1 fully saturated rings. The number of nitrogens with two attached hydrogens (primary N) is 1. The Labute approximate surface area is 120 Å². The molecular weight excluding hydrogens is 262 g/mol. The molecule has 0 saturated carbocycles. The van der Waals surface area contributed by atoms with Gasteiger partial charge in [-0.15, -0.1) is 0 Å². The predicted molar refractivity (Wildman–Crippen MR) is 80.0 cm³/mol. The largest absolute Gasteiger partial charge is 0.383 e. The van der Waals surface area contributed by atoms with Gasteiger partial charge in [0.25, 0.3) is 0 Å². The van der Waals surface area contributed by atoms with E-state index < -0.39 is 0 Å². The minimum absolute atomic E-state index is 0.318. The Morgan fingerprint density at radius 2 is 1.95 bits per heavy atom. The van der Waals surface area contributed by atoms with Crippen LogP contribution in [0.1, 0.15) is 0 Å². The fourth-order valence-corrected chi connectivity index (χ4v) is 2.81. The Morgan fingerprint density at radius 1 is 1.26 bits per heavy atom. The van der Waals surface area contributed by atoms with Crippen LogP contribution >= 0.6 is 11.6 Å². The Balaban J connectivity index is 1.94. The van der Waals surface area contributed by atoms with Gasteiger partial charge in [0.1, 0.15) is 0 Å². The summed E-state index contributed by atoms with van der Waals surface area (Å²) in [5.41, 5.74) is 6.93. The molecule has 0 bridgehead atoms. The molecule has 106 valence electrons. The summed E-state index contributed by atoms with van der Waals surface area (Å²) in [5, 5.41) is 0.822. The molecule has 1 aliphatic heterocycles. The van der Waals surface area contributed by atoms with Crippen molar-refractivity contribution in [3.8, 4) is 0 Å². The monoisotopic (exact) mass is 283 g/mol. The van der Waals surface area contributed by atoms with Gasteiger partial charge in [-0.1, -0.05) is 23.7 Å². The molecule has 5 heteroatoms. The van der Waals surface area contributed by atoms with Crippen molar-refractivity contribution in [3.05, 3.63) is 29.3 Å². The van der Waals surface area contributed by atoms with E-state index in [-0.39, 0.29) is 0 Å². The molecule has 1 aromatic rings. The Kier molecular flexibility index (Phi) is 5.45. The molecule has 1 atom stereocenters. The summed E-state index contributed by atoms with van der Waals surface area (Å²) >= 11 is 6.24. The van der Waals surface area contributed by atoms with E-state index in [1.807, 2.05) is 18.2 Å². The van der Waals surface area contributed by atoms with Crippen LogP contribution in [0.5, 0.6) is 0 Å². The molecule has 1 unspecified atom stereocenters. The first kappa shape index (κ1) is 14.6. The zero-order valence-corrected chi connectivity index (χ0v) is 12.1. The summed E-state index contributed by atoms with van der Waals surface area (Å²) in [6.45, 7) is 5.28. The molecule has 1 aliphatic rings. The van der Waals surface area contributed by atoms with Gasteiger partial charge in [0.2, 0.25) is 0 Å². The fourth-order valence-electron chi connectivity index (χ4n) is 2.55. The highest BCUT2D eigenvalue weighted by molar-refractivity contribution is 6.33. The average Bonchev–Trinajstić information content (AvgIpc) is 2.46. The number of rotatable bonds is 5. The summed E-state index contributed by atoms with van der Waals surface area (Å²) < 4.78 is 5.22. The topological polar surface area (TPSA) is 41.7 Å². The van der Waals surface area contributed by atoms with E-state index in [9.17, 15) is 0 Å². The Hall–Kier alpha value is -0.810. The van der Waals surface area contributed by atoms with Crippen LogP contribution in [0.3, 0.4) is 0 Å². The maximum atomic E-state index is 6.24. The zero-order valence-electron chi connectivity index (χ0n) is 11.4. The molecule has 0 aliphatic carbocycles. The molecule has 2 N–H and O–H groups in total. The summed E-state index contributed by atoms with van der Waals surface area (Å²) in [6, 6.07) is 8.33. The summed E-state index contributed by atoms with van der Waals surface area (Å²) in [5.74, 6) is 0. The smallest absolute Gasteiger partial charge is 0.0639 e. The highest BCUT2D eigenvalue weighted by Gasteiger charge is 2.23. The molecule has 0 spiro atoms. The second kappa shape index (κ2) is 7.10. The molecule has 0 radical (unpaired) electrons. The number of methoxy groups -OCH3 is 1. The molecule has 1 aromatic carbocycles. The number of nitrogens with zero attached hydrogens (tertiary/aromatic N) is 2. The number of piperazine rings is 1. The van der Waals surface area contributed by atoms with Gasteiger partial charge in [0.15, 0.2) is 0 Å². The zero-order chi connectivity index (χ0) is 13.7. The van der Waals surface area contributed by atoms with Crippen molar-refractivity contribution in [2.75, 3.05) is 51.3 Å². The number of para-hydroxylation sites is 1. The number of anilines is 1. The Morgan fingerprint density at radius 3 is 2.53 bits per heavy atom. The lowest BCUT2D eigenvalue weighted by Gasteiger charge is -2.39. The van der Waals surface area contributed by atoms with Gasteiger partial charge >= 0.3 is 0 Å². The van der Waals surface area contributed by atoms with Crippen LogP contribution in [0.2, 0.25) is 5.02 Å². The molecule has 0 aromatic heterocycles. The minimum Gasteiger partial charge on any atom is -0.383 e. The number of ether oxygens (including phenoxy) is 1. The quantitative estimate of drug-likeness (QED) is 0.888. The number of benzene rings is 1. The Bertz CT molecular complexity index is 394. The van der Waals surface area contributed by atoms with Gasteiger partial charge in [-0.3, -0.25) is 4.90 Å². The molecular formula is C14H22ClN3O. The van der Waals surface area contributed by atoms with Crippen molar-refractivity contribution in [2.24, 2.45) is 5.73 Å². The maximum absolute atomic E-state index is 6.24. The van der Waals surface area contributed by atoms with Gasteiger partial charge in [0, 0.05) is 45.9 Å². The maximum Gasteiger partial charge on any atom is 0.0639 e. The van der Waals surface area contributed by atoms with Crippen LogP contribution in [0.15, 0.2) is 24.3 Å². The van der Waals surface area contributed by atoms with Gasteiger partial charge in [0.05, 0.1) is 17.3 Å². The van der Waals surface area contributed by atoms with E-state index in [1.165, 1.54) is 0 Å². The van der Waals surface area contributed by atoms with Gasteiger partial charge < -0.3 is 15.4 Å². The van der Waals surface area contributed by atoms with Crippen molar-refractivity contribution in [1.82, 2.24) is 4.90 Å². The molecule has 4 nitrogen and oxygen atoms in total. The number of hydrogen-bond donors (Lipinski definition) is 1. The van der Waals surface area contributed by atoms with Gasteiger partial charge in [-0.2, -0.15) is 0 Å². The first-order chi connectivity index (χ1) is 9.26. The lowest BCUT2D eigenvalue weighted by Crippen LogP contribution is -2.53. The molecule has 0 amide bonds. The van der Waals surface area contributed by atoms with E-state index in [1.54, 1.807) is 7.11 Å². The van der Waals surface area contributed by atoms with Crippen LogP contribution < -0.4 is 10.6 Å². The molecule has 1 heterocycles. The molecule has 2 rings (SSSR count). The van der Waals surface area contributed by atoms with Crippen molar-refractivity contribution in [3.63, 3.8) is 0 Å². The van der Waals surface area contributed by atoms with Crippen LogP contribution in [-0.4, -0.2) is 57.4 Å². The van der Waals surface area contributed by atoms with E-state index in [2.05, 4.69) is 15.9 Å². The summed E-state index contributed by atoms with van der Waals surface area (Å²) in [7, 11) is 1.72. The van der Waals surface area contributed by atoms with Crippen molar-refractivity contribution < 1.29 is 4.74 Å². The SMILES string of the molecule is COCC(CN)N1CCN(c2ccccc2Cl)CC1. The number of halogens is 1. The van der Waals surface area contributed by atoms with Crippen LogP contribution in [0.4, 0.5) is 5.69 Å². The first-order valence-electron chi connectivity index (χ1n) is 6.68. The van der Waals surface area contributed by atoms with Gasteiger partial charge in [-0.25, -0.2) is 0 Å². The predicted octanol–water partition coefficient (Wildman–Crippen LogP) is 1.44. The van der Waals surface area contributed by atoms with Gasteiger partial charge in [-0.05, 0) is 12.1 Å². The average molecular weight is 284 g/mol. The second-order valence-electron chi connectivity index (χ2n) is 4.82. The third-order valence-corrected chi connectivity index (χ3v) is 3.97. The normalized spacial score (nSPS) is 18.6. The highest BCUT2D eigenvalue weighted by Crippen LogP contribution is 2.26. The van der Waals surface area contributed by atoms with Crippen LogP contribution in [0, 0.1) is 0 Å². The molecule has 1 saturated heterocycles. The summed E-state index contributed by atoms with van der Waals surface area (Å²) in [6.07, 6.45) is 0. The van der Waals surface area contributed by atoms with Crippen molar-refractivity contribution in [1.29, 1.82) is 0 Å². The first-order valence-corrected chi connectivity index (χ1v) is 7.06. The van der Waals surface area contributed by atoms with E-state index in [4.69, 9.17) is 22.1 Å². The molecule has 19 heavy (non-hydrogen) atoms. The van der Waals surface area contributed by atoms with Crippen LogP contribution in [-0.2, 0) is 4.74 Å². The fraction of sp³-hybridized carbons (Fsp3) is 0.571. The minimum atomic E-state index is 0.318. The summed E-state index contributed by atoms with van der Waals surface area (Å²) in [4.78, 5) is 4.73. The van der Waals surface area contributed by atoms with Crippen LogP contribution in [0.25, 0.3) is 0 Å². The second-order valence-corrected chi connectivity index (χ2v) is 5.23. The number of hydrogen-bond acceptors (Lipinski definition) is 4. The third kappa shape index (κ3) is 3.60. The highest BCUT2D eigenvalue weighted by atomic mass is 35.5. The lowest BCUT2D eigenvalue weighted by molar-refractivity contribution is 0.0900. The van der Waals surface area contributed by atoms with Crippen molar-refractivity contribution in [2.45, 2.75) is 6.04 Å². The standard InChI is InChI=1S/C14H22ClN3O/c1-19-11-12(10-16)17-6-8-18(9-7-17)14-5-3-2-4-13(14)15/h2-5,12H,6-11,16H2,1H3.